The average Bonchev–Trinajstić information content (AvgIpc) is 2.77. The number of carbonyl (C=O) groups excluding carboxylic acids is 1. The number of phenols is 2. The van der Waals surface area contributed by atoms with E-state index in [0.717, 1.165) is 4.90 Å². The fraction of sp³-hybridized carbons (Fsp3) is 0.429. The van der Waals surface area contributed by atoms with Gasteiger partial charge < -0.3 is 20.2 Å². The van der Waals surface area contributed by atoms with Gasteiger partial charge in [-0.3, -0.25) is 4.79 Å². The third-order valence-corrected chi connectivity index (χ3v) is 4.77. The molecule has 24 heavy (non-hydrogen) atoms. The predicted octanol–water partition coefficient (Wildman–Crippen LogP) is -0.769. The van der Waals surface area contributed by atoms with Gasteiger partial charge in [-0.25, -0.2) is 18.4 Å². The van der Waals surface area contributed by atoms with Crippen molar-refractivity contribution in [1.29, 1.82) is 0 Å². The molecule has 2 rings (SSSR count). The zero-order valence-electron chi connectivity index (χ0n) is 12.6. The number of aliphatic carboxylic acids is 1. The first-order valence-electron chi connectivity index (χ1n) is 7.10. The smallest absolute Gasteiger partial charge is 0.326 e. The molecule has 1 fully saturated rings. The van der Waals surface area contributed by atoms with Gasteiger partial charge in [0.15, 0.2) is 11.5 Å². The van der Waals surface area contributed by atoms with Crippen molar-refractivity contribution in [3.05, 3.63) is 23.8 Å². The van der Waals surface area contributed by atoms with Crippen LogP contribution in [0.4, 0.5) is 0 Å². The van der Waals surface area contributed by atoms with Crippen LogP contribution in [0.25, 0.3) is 0 Å². The summed E-state index contributed by atoms with van der Waals surface area (Å²) < 4.78 is 22.3. The van der Waals surface area contributed by atoms with Crippen LogP contribution >= 0.6 is 0 Å². The monoisotopic (exact) mass is 358 g/mol. The van der Waals surface area contributed by atoms with Crippen molar-refractivity contribution >= 4 is 21.9 Å². The quantitative estimate of drug-likeness (QED) is 0.486. The maximum atomic E-state index is 12.1. The van der Waals surface area contributed by atoms with Crippen LogP contribution in [0.2, 0.25) is 0 Å². The van der Waals surface area contributed by atoms with Crippen LogP contribution < -0.4 is 5.14 Å². The molecule has 1 aliphatic heterocycles. The summed E-state index contributed by atoms with van der Waals surface area (Å²) in [7, 11) is -3.76. The van der Waals surface area contributed by atoms with Crippen LogP contribution in [0.3, 0.4) is 0 Å². The van der Waals surface area contributed by atoms with E-state index in [2.05, 4.69) is 0 Å². The molecule has 10 heteroatoms. The first-order valence-corrected chi connectivity index (χ1v) is 8.82. The molecule has 0 spiro atoms. The van der Waals surface area contributed by atoms with Crippen molar-refractivity contribution in [2.75, 3.05) is 12.3 Å². The summed E-state index contributed by atoms with van der Waals surface area (Å²) in [4.78, 5) is 24.7. The topological polar surface area (TPSA) is 158 Å². The van der Waals surface area contributed by atoms with Crippen LogP contribution in [0.15, 0.2) is 18.2 Å². The molecular weight excluding hydrogens is 340 g/mol. The molecule has 5 N–H and O–H groups in total. The third kappa shape index (κ3) is 4.36. The Morgan fingerprint density at radius 3 is 2.54 bits per heavy atom. The van der Waals surface area contributed by atoms with Gasteiger partial charge in [-0.05, 0) is 17.7 Å². The number of carboxylic acid groups (broad SMARTS) is 1. The number of aromatic hydroxyl groups is 2. The Hall–Kier alpha value is -2.33. The fourth-order valence-corrected chi connectivity index (χ4v) is 3.68. The number of nitrogens with two attached hydrogens (primary N) is 1. The lowest BCUT2D eigenvalue weighted by atomic mass is 10.0. The van der Waals surface area contributed by atoms with Gasteiger partial charge in [-0.1, -0.05) is 6.07 Å². The van der Waals surface area contributed by atoms with Crippen molar-refractivity contribution in [1.82, 2.24) is 4.90 Å². The van der Waals surface area contributed by atoms with Crippen molar-refractivity contribution in [2.45, 2.75) is 18.9 Å². The Morgan fingerprint density at radius 1 is 1.33 bits per heavy atom. The Balaban J connectivity index is 2.17. The average molecular weight is 358 g/mol. The van der Waals surface area contributed by atoms with Gasteiger partial charge in [-0.15, -0.1) is 0 Å². The Labute approximate surface area is 138 Å². The number of carbonyl (C=O) groups is 2. The summed E-state index contributed by atoms with van der Waals surface area (Å²) in [5.41, 5.74) is 0.417. The van der Waals surface area contributed by atoms with E-state index in [9.17, 15) is 33.3 Å². The Kier molecular flexibility index (Phi) is 4.99. The molecule has 1 unspecified atom stereocenters. The molecule has 1 aromatic rings. The lowest BCUT2D eigenvalue weighted by Crippen LogP contribution is -2.44. The summed E-state index contributed by atoms with van der Waals surface area (Å²) in [5.74, 6) is -3.37. The highest BCUT2D eigenvalue weighted by atomic mass is 32.2. The summed E-state index contributed by atoms with van der Waals surface area (Å²) in [6, 6.07) is 2.67. The van der Waals surface area contributed by atoms with Crippen LogP contribution in [0, 0.1) is 5.92 Å². The minimum atomic E-state index is -3.76. The minimum absolute atomic E-state index is 0.0176. The lowest BCUT2D eigenvalue weighted by Gasteiger charge is -2.25. The predicted molar refractivity (Wildman–Crippen MR) is 82.7 cm³/mol. The van der Waals surface area contributed by atoms with Gasteiger partial charge in [0.1, 0.15) is 6.04 Å². The molecule has 1 aliphatic rings. The molecule has 2 atom stereocenters. The van der Waals surface area contributed by atoms with E-state index in [4.69, 9.17) is 5.14 Å². The second kappa shape index (κ2) is 6.65. The zero-order valence-corrected chi connectivity index (χ0v) is 13.4. The summed E-state index contributed by atoms with van der Waals surface area (Å²) in [6.07, 6.45) is -0.169. The third-order valence-electron chi connectivity index (χ3n) is 3.84. The number of hydrogen-bond acceptors (Lipinski definition) is 6. The number of likely N-dealkylation sites (tertiary alicyclic amines) is 1. The van der Waals surface area contributed by atoms with Crippen molar-refractivity contribution in [3.63, 3.8) is 0 Å². The number of phenolic OH excluding ortho intramolecular Hbond substituents is 2. The number of carboxylic acids is 1. The van der Waals surface area contributed by atoms with Gasteiger partial charge >= 0.3 is 5.97 Å². The second-order valence-corrected chi connectivity index (χ2v) is 7.49. The number of benzene rings is 1. The second-order valence-electron chi connectivity index (χ2n) is 5.83. The van der Waals surface area contributed by atoms with Gasteiger partial charge in [0.2, 0.25) is 15.9 Å². The number of primary sulfonamides is 1. The minimum Gasteiger partial charge on any atom is -0.504 e. The van der Waals surface area contributed by atoms with Crippen molar-refractivity contribution in [3.8, 4) is 11.5 Å². The summed E-state index contributed by atoms with van der Waals surface area (Å²) in [5, 5.41) is 33.1. The van der Waals surface area contributed by atoms with E-state index in [1.807, 2.05) is 0 Å². The van der Waals surface area contributed by atoms with E-state index < -0.39 is 39.6 Å². The van der Waals surface area contributed by atoms with E-state index in [-0.39, 0.29) is 30.9 Å². The van der Waals surface area contributed by atoms with E-state index >= 15 is 0 Å². The first-order chi connectivity index (χ1) is 11.1. The Bertz CT molecular complexity index is 762. The molecule has 0 aliphatic carbocycles. The highest BCUT2D eigenvalue weighted by Gasteiger charge is 2.38. The van der Waals surface area contributed by atoms with Crippen LogP contribution in [-0.2, 0) is 26.0 Å². The van der Waals surface area contributed by atoms with E-state index in [0.29, 0.717) is 5.56 Å². The standard InChI is InChI=1S/C14H18N2O7S/c15-24(22,23)7-9-5-13(19)16(6-9)10(14(20)21)3-8-1-2-11(17)12(18)4-8/h1-2,4,9-10,17-18H,3,5-7H2,(H,20,21)(H2,15,22,23)/t9?,10-/m0/s1. The molecule has 0 radical (unpaired) electrons. The molecule has 1 saturated heterocycles. The molecular formula is C14H18N2O7S. The maximum absolute atomic E-state index is 12.1. The van der Waals surface area contributed by atoms with Crippen LogP contribution in [0.1, 0.15) is 12.0 Å². The molecule has 132 valence electrons. The highest BCUT2D eigenvalue weighted by molar-refractivity contribution is 7.89. The molecule has 0 aromatic heterocycles. The number of rotatable bonds is 6. The van der Waals surface area contributed by atoms with Gasteiger partial charge in [0.05, 0.1) is 5.75 Å². The molecule has 9 nitrogen and oxygen atoms in total. The maximum Gasteiger partial charge on any atom is 0.326 e. The molecule has 1 amide bonds. The fourth-order valence-electron chi connectivity index (χ4n) is 2.80. The molecule has 1 aromatic carbocycles. The van der Waals surface area contributed by atoms with Crippen LogP contribution in [0.5, 0.6) is 11.5 Å². The summed E-state index contributed by atoms with van der Waals surface area (Å²) >= 11 is 0. The first kappa shape index (κ1) is 18.0. The van der Waals surface area contributed by atoms with Crippen LogP contribution in [-0.4, -0.2) is 58.9 Å². The number of amides is 1. The van der Waals surface area contributed by atoms with Crippen molar-refractivity contribution < 1.29 is 33.3 Å². The number of sulfonamides is 1. The normalized spacial score (nSPS) is 19.5. The SMILES string of the molecule is NS(=O)(=O)CC1CC(=O)N([C@@H](Cc2ccc(O)c(O)c2)C(=O)O)C1. The Morgan fingerprint density at radius 2 is 2.00 bits per heavy atom. The molecule has 1 heterocycles. The van der Waals surface area contributed by atoms with Gasteiger partial charge in [0.25, 0.3) is 0 Å². The molecule has 0 saturated carbocycles. The largest absolute Gasteiger partial charge is 0.504 e. The molecule has 0 bridgehead atoms. The summed E-state index contributed by atoms with van der Waals surface area (Å²) in [6.45, 7) is -0.0176. The van der Waals surface area contributed by atoms with Gasteiger partial charge in [-0.2, -0.15) is 0 Å². The van der Waals surface area contributed by atoms with E-state index in [1.54, 1.807) is 0 Å². The van der Waals surface area contributed by atoms with E-state index in [1.165, 1.54) is 18.2 Å². The lowest BCUT2D eigenvalue weighted by molar-refractivity contribution is -0.148. The van der Waals surface area contributed by atoms with Crippen molar-refractivity contribution in [2.24, 2.45) is 11.1 Å². The number of nitrogens with zero attached hydrogens (tertiary/aromatic N) is 1. The number of hydrogen-bond donors (Lipinski definition) is 4. The van der Waals surface area contributed by atoms with Gasteiger partial charge in [0, 0.05) is 25.3 Å². The highest BCUT2D eigenvalue weighted by Crippen LogP contribution is 2.27. The zero-order chi connectivity index (χ0) is 18.1.